The highest BCUT2D eigenvalue weighted by molar-refractivity contribution is 5.87. The van der Waals surface area contributed by atoms with E-state index in [4.69, 9.17) is 14.2 Å². The summed E-state index contributed by atoms with van der Waals surface area (Å²) in [5.74, 6) is 1.28. The van der Waals surface area contributed by atoms with Crippen LogP contribution in [-0.2, 0) is 25.4 Å². The SMILES string of the molecule is COc1cc(C=CC=CC(=O)NCCn2cnc3c2c(=O)n(C)c(=O)n3C)cc(OC)c1OC. The van der Waals surface area contributed by atoms with Crippen molar-refractivity contribution in [1.82, 2.24) is 24.0 Å². The van der Waals surface area contributed by atoms with Crippen LogP contribution in [0.1, 0.15) is 5.56 Å². The Labute approximate surface area is 195 Å². The van der Waals surface area contributed by atoms with Gasteiger partial charge in [-0.25, -0.2) is 9.78 Å². The second-order valence-electron chi connectivity index (χ2n) is 7.28. The molecule has 3 rings (SSSR count). The van der Waals surface area contributed by atoms with Crippen LogP contribution < -0.4 is 30.8 Å². The molecule has 0 aliphatic carbocycles. The Morgan fingerprint density at radius 3 is 2.32 bits per heavy atom. The van der Waals surface area contributed by atoms with Crippen LogP contribution in [0.2, 0.25) is 0 Å². The van der Waals surface area contributed by atoms with E-state index in [0.717, 1.165) is 10.1 Å². The van der Waals surface area contributed by atoms with Crippen LogP contribution in [0.25, 0.3) is 17.2 Å². The molecule has 0 unspecified atom stereocenters. The number of amides is 1. The first-order valence-corrected chi connectivity index (χ1v) is 10.4. The number of nitrogens with one attached hydrogen (secondary N) is 1. The third-order valence-corrected chi connectivity index (χ3v) is 5.20. The predicted molar refractivity (Wildman–Crippen MR) is 127 cm³/mol. The topological polar surface area (TPSA) is 119 Å². The molecule has 0 saturated carbocycles. The molecule has 0 fully saturated rings. The van der Waals surface area contributed by atoms with Crippen LogP contribution in [-0.4, -0.2) is 52.5 Å². The number of fused-ring (bicyclic) bond motifs is 1. The van der Waals surface area contributed by atoms with Gasteiger partial charge in [0, 0.05) is 33.3 Å². The summed E-state index contributed by atoms with van der Waals surface area (Å²) >= 11 is 0. The first-order valence-electron chi connectivity index (χ1n) is 10.4. The number of carbonyl (C=O) groups is 1. The first-order chi connectivity index (χ1) is 16.3. The predicted octanol–water partition coefficient (Wildman–Crippen LogP) is 0.845. The number of aryl methyl sites for hydroxylation is 1. The zero-order valence-corrected chi connectivity index (χ0v) is 19.7. The Morgan fingerprint density at radius 2 is 1.71 bits per heavy atom. The summed E-state index contributed by atoms with van der Waals surface area (Å²) in [6.07, 6.45) is 7.99. The van der Waals surface area contributed by atoms with E-state index in [1.165, 1.54) is 31.1 Å². The number of aromatic nitrogens is 4. The molecule has 34 heavy (non-hydrogen) atoms. The molecule has 180 valence electrons. The smallest absolute Gasteiger partial charge is 0.332 e. The van der Waals surface area contributed by atoms with Crippen molar-refractivity contribution in [2.45, 2.75) is 6.54 Å². The summed E-state index contributed by atoms with van der Waals surface area (Å²) in [5.41, 5.74) is 0.543. The lowest BCUT2D eigenvalue weighted by atomic mass is 10.1. The van der Waals surface area contributed by atoms with Crippen molar-refractivity contribution in [3.05, 3.63) is 63.1 Å². The highest BCUT2D eigenvalue weighted by Crippen LogP contribution is 2.38. The maximum atomic E-state index is 12.4. The average molecular weight is 469 g/mol. The number of hydrogen-bond donors (Lipinski definition) is 1. The number of allylic oxidation sites excluding steroid dienone is 2. The molecular formula is C23H27N5O6. The van der Waals surface area contributed by atoms with Gasteiger partial charge in [-0.05, 0) is 17.7 Å². The lowest BCUT2D eigenvalue weighted by Crippen LogP contribution is -2.37. The molecule has 0 spiro atoms. The lowest BCUT2D eigenvalue weighted by molar-refractivity contribution is -0.116. The minimum atomic E-state index is -0.444. The maximum Gasteiger partial charge on any atom is 0.332 e. The van der Waals surface area contributed by atoms with E-state index in [0.29, 0.717) is 35.0 Å². The molecule has 2 aromatic heterocycles. The highest BCUT2D eigenvalue weighted by atomic mass is 16.5. The Hall–Kier alpha value is -4.28. The third kappa shape index (κ3) is 4.87. The number of imidazole rings is 1. The zero-order chi connectivity index (χ0) is 24.8. The number of benzene rings is 1. The third-order valence-electron chi connectivity index (χ3n) is 5.20. The highest BCUT2D eigenvalue weighted by Gasteiger charge is 2.14. The molecule has 0 bridgehead atoms. The van der Waals surface area contributed by atoms with E-state index in [2.05, 4.69) is 10.3 Å². The molecule has 11 heteroatoms. The normalized spacial score (nSPS) is 11.4. The van der Waals surface area contributed by atoms with Crippen LogP contribution in [0.15, 0.2) is 46.3 Å². The van der Waals surface area contributed by atoms with Crippen molar-refractivity contribution < 1.29 is 19.0 Å². The van der Waals surface area contributed by atoms with E-state index >= 15 is 0 Å². The summed E-state index contributed by atoms with van der Waals surface area (Å²) in [6, 6.07) is 3.59. The summed E-state index contributed by atoms with van der Waals surface area (Å²) in [5, 5.41) is 2.75. The Kier molecular flexibility index (Phi) is 7.57. The molecular weight excluding hydrogens is 442 g/mol. The van der Waals surface area contributed by atoms with Crippen LogP contribution in [0, 0.1) is 0 Å². The van der Waals surface area contributed by atoms with Gasteiger partial charge in [-0.3, -0.25) is 18.7 Å². The molecule has 0 aliphatic heterocycles. The lowest BCUT2D eigenvalue weighted by Gasteiger charge is -2.12. The minimum Gasteiger partial charge on any atom is -0.493 e. The first kappa shape index (κ1) is 24.4. The fraction of sp³-hybridized carbons (Fsp3) is 0.304. The Bertz CT molecular complexity index is 1350. The second-order valence-corrected chi connectivity index (χ2v) is 7.28. The van der Waals surface area contributed by atoms with Gasteiger partial charge in [0.1, 0.15) is 0 Å². The number of carbonyl (C=O) groups excluding carboxylic acids is 1. The second kappa shape index (κ2) is 10.6. The van der Waals surface area contributed by atoms with Crippen LogP contribution >= 0.6 is 0 Å². The van der Waals surface area contributed by atoms with E-state index in [-0.39, 0.29) is 12.5 Å². The zero-order valence-electron chi connectivity index (χ0n) is 19.7. The van der Waals surface area contributed by atoms with Crippen molar-refractivity contribution in [2.24, 2.45) is 14.1 Å². The van der Waals surface area contributed by atoms with Crippen molar-refractivity contribution in [3.8, 4) is 17.2 Å². The molecule has 0 radical (unpaired) electrons. The standard InChI is InChI=1S/C23H27N5O6/c1-26-21-19(22(30)27(2)23(26)31)28(14-25-21)11-10-24-18(29)9-7-6-8-15-12-16(32-3)20(34-5)17(13-15)33-4/h6-9,12-14H,10-11H2,1-5H3,(H,24,29). The minimum absolute atomic E-state index is 0.275. The number of hydrogen-bond acceptors (Lipinski definition) is 7. The molecule has 1 amide bonds. The fourth-order valence-electron chi connectivity index (χ4n) is 3.43. The fourth-order valence-corrected chi connectivity index (χ4v) is 3.43. The van der Waals surface area contributed by atoms with Gasteiger partial charge in [-0.1, -0.05) is 18.2 Å². The average Bonchev–Trinajstić information content (AvgIpc) is 3.27. The Morgan fingerprint density at radius 1 is 1.03 bits per heavy atom. The summed E-state index contributed by atoms with van der Waals surface area (Å²) in [6.45, 7) is 0.599. The molecule has 2 heterocycles. The summed E-state index contributed by atoms with van der Waals surface area (Å²) in [4.78, 5) is 40.7. The van der Waals surface area contributed by atoms with Gasteiger partial charge in [-0.2, -0.15) is 0 Å². The van der Waals surface area contributed by atoms with Gasteiger partial charge in [0.05, 0.1) is 27.7 Å². The van der Waals surface area contributed by atoms with Gasteiger partial charge >= 0.3 is 5.69 Å². The van der Waals surface area contributed by atoms with E-state index < -0.39 is 11.2 Å². The van der Waals surface area contributed by atoms with Gasteiger partial charge in [0.2, 0.25) is 11.7 Å². The van der Waals surface area contributed by atoms with Gasteiger partial charge in [-0.15, -0.1) is 0 Å². The number of rotatable bonds is 9. The number of methoxy groups -OCH3 is 3. The van der Waals surface area contributed by atoms with E-state index in [9.17, 15) is 14.4 Å². The molecule has 11 nitrogen and oxygen atoms in total. The van der Waals surface area contributed by atoms with Crippen molar-refractivity contribution in [3.63, 3.8) is 0 Å². The summed E-state index contributed by atoms with van der Waals surface area (Å²) in [7, 11) is 7.59. The van der Waals surface area contributed by atoms with E-state index in [1.54, 1.807) is 56.2 Å². The van der Waals surface area contributed by atoms with Crippen LogP contribution in [0.4, 0.5) is 0 Å². The van der Waals surface area contributed by atoms with Gasteiger partial charge in [0.15, 0.2) is 22.7 Å². The molecule has 3 aromatic rings. The summed E-state index contributed by atoms with van der Waals surface area (Å²) < 4.78 is 19.9. The van der Waals surface area contributed by atoms with Crippen molar-refractivity contribution in [1.29, 1.82) is 0 Å². The molecule has 0 aliphatic rings. The largest absolute Gasteiger partial charge is 0.493 e. The van der Waals surface area contributed by atoms with Crippen LogP contribution in [0.5, 0.6) is 17.2 Å². The van der Waals surface area contributed by atoms with Gasteiger partial charge < -0.3 is 24.1 Å². The quantitative estimate of drug-likeness (QED) is 0.364. The number of nitrogens with zero attached hydrogens (tertiary/aromatic N) is 4. The van der Waals surface area contributed by atoms with Crippen molar-refractivity contribution in [2.75, 3.05) is 27.9 Å². The number of ether oxygens (including phenoxy) is 3. The molecule has 0 saturated heterocycles. The molecule has 1 N–H and O–H groups in total. The Balaban J connectivity index is 1.61. The molecule has 0 atom stereocenters. The van der Waals surface area contributed by atoms with Crippen LogP contribution in [0.3, 0.4) is 0 Å². The van der Waals surface area contributed by atoms with Gasteiger partial charge in [0.25, 0.3) is 5.56 Å². The molecule has 1 aromatic carbocycles. The monoisotopic (exact) mass is 469 g/mol. The maximum absolute atomic E-state index is 12.4. The van der Waals surface area contributed by atoms with E-state index in [1.807, 2.05) is 0 Å². The van der Waals surface area contributed by atoms with Crippen molar-refractivity contribution >= 4 is 23.1 Å².